The Balaban J connectivity index is 1.49. The Labute approximate surface area is 212 Å². The molecule has 2 amide bonds. The summed E-state index contributed by atoms with van der Waals surface area (Å²) in [4.78, 5) is 35.7. The van der Waals surface area contributed by atoms with Crippen LogP contribution in [0.3, 0.4) is 0 Å². The molecule has 4 N–H and O–H groups in total. The fourth-order valence-corrected chi connectivity index (χ4v) is 4.59. The number of hydrogen-bond acceptors (Lipinski definition) is 7. The van der Waals surface area contributed by atoms with Gasteiger partial charge in [-0.15, -0.1) is 0 Å². The van der Waals surface area contributed by atoms with Crippen LogP contribution in [0.1, 0.15) is 41.6 Å². The molecule has 2 heterocycles. The van der Waals surface area contributed by atoms with E-state index < -0.39 is 35.7 Å². The van der Waals surface area contributed by atoms with E-state index in [9.17, 15) is 22.8 Å². The highest BCUT2D eigenvalue weighted by Crippen LogP contribution is 2.35. The molecule has 200 valence electrons. The third kappa shape index (κ3) is 6.79. The first-order valence-corrected chi connectivity index (χ1v) is 12.2. The lowest BCUT2D eigenvalue weighted by Gasteiger charge is -2.33. The molecule has 2 aromatic rings. The number of piperazine rings is 1. The van der Waals surface area contributed by atoms with Gasteiger partial charge in [0.05, 0.1) is 6.04 Å². The van der Waals surface area contributed by atoms with Crippen LogP contribution in [0.25, 0.3) is 0 Å². The predicted octanol–water partition coefficient (Wildman–Crippen LogP) is 3.62. The fraction of sp³-hybridized carbons (Fsp3) is 0.500. The minimum absolute atomic E-state index is 0.0628. The van der Waals surface area contributed by atoms with E-state index in [0.717, 1.165) is 25.9 Å². The molecule has 1 saturated carbocycles. The molecule has 4 rings (SSSR count). The number of rotatable bonds is 6. The van der Waals surface area contributed by atoms with E-state index in [4.69, 9.17) is 5.11 Å². The number of nitrogens with one attached hydrogen (secondary N) is 3. The molecule has 2 fully saturated rings. The summed E-state index contributed by atoms with van der Waals surface area (Å²) in [7, 11) is 2.01. The number of hydrogen-bond donors (Lipinski definition) is 4. The van der Waals surface area contributed by atoms with E-state index in [0.29, 0.717) is 43.4 Å². The highest BCUT2D eigenvalue weighted by molar-refractivity contribution is 5.94. The number of benzene rings is 1. The van der Waals surface area contributed by atoms with Gasteiger partial charge in [-0.25, -0.2) is 9.78 Å². The van der Waals surface area contributed by atoms with Crippen LogP contribution in [0, 0.1) is 0 Å². The molecule has 37 heavy (non-hydrogen) atoms. The van der Waals surface area contributed by atoms with Crippen LogP contribution in [0.15, 0.2) is 30.5 Å². The molecule has 10 nitrogen and oxygen atoms in total. The van der Waals surface area contributed by atoms with Gasteiger partial charge < -0.3 is 30.9 Å². The van der Waals surface area contributed by atoms with E-state index >= 15 is 0 Å². The van der Waals surface area contributed by atoms with Crippen molar-refractivity contribution in [2.75, 3.05) is 43.9 Å². The van der Waals surface area contributed by atoms with Crippen LogP contribution in [-0.2, 0) is 6.18 Å². The van der Waals surface area contributed by atoms with Crippen molar-refractivity contribution >= 4 is 29.5 Å². The lowest BCUT2D eigenvalue weighted by molar-refractivity contribution is -0.137. The van der Waals surface area contributed by atoms with E-state index in [1.165, 1.54) is 0 Å². The van der Waals surface area contributed by atoms with Crippen LogP contribution in [0.5, 0.6) is 0 Å². The molecular weight excluding hydrogens is 491 g/mol. The third-order valence-electron chi connectivity index (χ3n) is 6.67. The number of carboxylic acid groups (broad SMARTS) is 1. The highest BCUT2D eigenvalue weighted by Gasteiger charge is 2.37. The summed E-state index contributed by atoms with van der Waals surface area (Å²) in [6.45, 7) is 2.91. The number of carbonyl (C=O) groups is 2. The van der Waals surface area contributed by atoms with Gasteiger partial charge in [0.25, 0.3) is 5.91 Å². The molecule has 0 bridgehead atoms. The Morgan fingerprint density at radius 2 is 1.68 bits per heavy atom. The minimum atomic E-state index is -4.70. The topological polar surface area (TPSA) is 123 Å². The maximum Gasteiger partial charge on any atom is 0.421 e. The zero-order valence-electron chi connectivity index (χ0n) is 20.4. The maximum absolute atomic E-state index is 13.7. The minimum Gasteiger partial charge on any atom is -0.465 e. The van der Waals surface area contributed by atoms with Gasteiger partial charge in [0.2, 0.25) is 5.95 Å². The molecule has 2 atom stereocenters. The van der Waals surface area contributed by atoms with Crippen LogP contribution in [0.4, 0.5) is 35.4 Å². The van der Waals surface area contributed by atoms with E-state index in [-0.39, 0.29) is 11.9 Å². The van der Waals surface area contributed by atoms with Crippen molar-refractivity contribution in [2.45, 2.75) is 43.9 Å². The number of likely N-dealkylation sites (N-methyl/N-ethyl adjacent to an activating group) is 1. The van der Waals surface area contributed by atoms with Crippen LogP contribution in [0.2, 0.25) is 0 Å². The van der Waals surface area contributed by atoms with Gasteiger partial charge in [-0.2, -0.15) is 18.2 Å². The van der Waals surface area contributed by atoms with Gasteiger partial charge in [0.15, 0.2) is 0 Å². The Morgan fingerprint density at radius 1 is 1.03 bits per heavy atom. The maximum atomic E-state index is 13.7. The van der Waals surface area contributed by atoms with E-state index in [1.54, 1.807) is 29.2 Å². The van der Waals surface area contributed by atoms with Crippen molar-refractivity contribution < 1.29 is 27.9 Å². The molecule has 2 aliphatic rings. The van der Waals surface area contributed by atoms with Crippen molar-refractivity contribution in [3.63, 3.8) is 0 Å². The SMILES string of the molecule is CN1CCN(C(=O)c2ccc(Nc3ncc(C(F)(F)F)c(NC4CCCCC4NC(=O)O)n3)cc2)CC1. The average molecular weight is 522 g/mol. The van der Waals surface area contributed by atoms with Crippen molar-refractivity contribution in [3.05, 3.63) is 41.6 Å². The second-order valence-electron chi connectivity index (χ2n) is 9.34. The third-order valence-corrected chi connectivity index (χ3v) is 6.67. The monoisotopic (exact) mass is 521 g/mol. The summed E-state index contributed by atoms with van der Waals surface area (Å²) < 4.78 is 41.0. The van der Waals surface area contributed by atoms with Crippen molar-refractivity contribution in [3.8, 4) is 0 Å². The van der Waals surface area contributed by atoms with Crippen molar-refractivity contribution in [1.29, 1.82) is 0 Å². The van der Waals surface area contributed by atoms with Gasteiger partial charge in [-0.05, 0) is 44.2 Å². The average Bonchev–Trinajstić information content (AvgIpc) is 2.85. The Hall–Kier alpha value is -3.61. The predicted molar refractivity (Wildman–Crippen MR) is 131 cm³/mol. The molecule has 1 saturated heterocycles. The van der Waals surface area contributed by atoms with Crippen LogP contribution in [-0.4, -0.2) is 82.2 Å². The van der Waals surface area contributed by atoms with Gasteiger partial charge in [0, 0.05) is 49.7 Å². The standard InChI is InChI=1S/C24H30F3N7O3/c1-33-10-12-34(13-11-33)21(35)15-6-8-16(9-7-15)29-22-28-14-17(24(25,26)27)20(32-22)30-18-4-2-3-5-19(18)31-23(36)37/h6-9,14,18-19,31H,2-5,10-13H2,1H3,(H,36,37)(H2,28,29,30,32). The largest absolute Gasteiger partial charge is 0.465 e. The molecule has 13 heteroatoms. The van der Waals surface area contributed by atoms with Gasteiger partial charge in [0.1, 0.15) is 11.4 Å². The number of carbonyl (C=O) groups excluding carboxylic acids is 1. The van der Waals surface area contributed by atoms with Crippen LogP contribution < -0.4 is 16.0 Å². The molecule has 1 aliphatic heterocycles. The second-order valence-corrected chi connectivity index (χ2v) is 9.34. The highest BCUT2D eigenvalue weighted by atomic mass is 19.4. The van der Waals surface area contributed by atoms with Crippen LogP contribution >= 0.6 is 0 Å². The van der Waals surface area contributed by atoms with E-state index in [1.807, 2.05) is 7.05 Å². The number of anilines is 3. The number of amides is 2. The number of nitrogens with zero attached hydrogens (tertiary/aromatic N) is 4. The second kappa shape index (κ2) is 11.2. The number of aromatic nitrogens is 2. The van der Waals surface area contributed by atoms with E-state index in [2.05, 4.69) is 30.8 Å². The number of alkyl halides is 3. The summed E-state index contributed by atoms with van der Waals surface area (Å²) in [5.74, 6) is -0.558. The normalized spacial score (nSPS) is 20.8. The molecule has 1 aromatic carbocycles. The zero-order valence-corrected chi connectivity index (χ0v) is 20.4. The Kier molecular flexibility index (Phi) is 8.00. The molecular formula is C24H30F3N7O3. The van der Waals surface area contributed by atoms with Gasteiger partial charge in [-0.3, -0.25) is 4.79 Å². The quantitative estimate of drug-likeness (QED) is 0.455. The molecule has 0 radical (unpaired) electrons. The van der Waals surface area contributed by atoms with Crippen molar-refractivity contribution in [1.82, 2.24) is 25.1 Å². The Morgan fingerprint density at radius 3 is 2.30 bits per heavy atom. The zero-order chi connectivity index (χ0) is 26.6. The first-order chi connectivity index (χ1) is 17.6. The molecule has 2 unspecified atom stereocenters. The summed E-state index contributed by atoms with van der Waals surface area (Å²) in [5.41, 5.74) is -0.0189. The Bertz CT molecular complexity index is 1110. The lowest BCUT2D eigenvalue weighted by atomic mass is 9.90. The summed E-state index contributed by atoms with van der Waals surface area (Å²) in [6.07, 6.45) is -2.68. The molecule has 1 aliphatic carbocycles. The summed E-state index contributed by atoms with van der Waals surface area (Å²) in [5, 5.41) is 17.2. The van der Waals surface area contributed by atoms with Crippen molar-refractivity contribution in [2.24, 2.45) is 0 Å². The first kappa shape index (κ1) is 26.5. The smallest absolute Gasteiger partial charge is 0.421 e. The van der Waals surface area contributed by atoms with Gasteiger partial charge in [-0.1, -0.05) is 12.8 Å². The fourth-order valence-electron chi connectivity index (χ4n) is 4.59. The molecule has 0 spiro atoms. The lowest BCUT2D eigenvalue weighted by Crippen LogP contribution is -2.48. The summed E-state index contributed by atoms with van der Waals surface area (Å²) >= 11 is 0. The summed E-state index contributed by atoms with van der Waals surface area (Å²) in [6, 6.07) is 5.50. The van der Waals surface area contributed by atoms with Gasteiger partial charge >= 0.3 is 12.3 Å². The first-order valence-electron chi connectivity index (χ1n) is 12.2. The number of halogens is 3. The molecule has 1 aromatic heterocycles.